The van der Waals surface area contributed by atoms with Crippen LogP contribution in [-0.4, -0.2) is 50.3 Å². The number of aromatic nitrogens is 5. The van der Waals surface area contributed by atoms with Gasteiger partial charge in [0, 0.05) is 56.8 Å². The molecule has 142 valence electrons. The van der Waals surface area contributed by atoms with Crippen LogP contribution in [0.15, 0.2) is 30.9 Å². The maximum Gasteiger partial charge on any atom is 0.255 e. The number of anilines is 1. The fraction of sp³-hybridized carbons (Fsp3) is 0.444. The average Bonchev–Trinajstić information content (AvgIpc) is 3.16. The second kappa shape index (κ2) is 7.15. The second-order valence-electron chi connectivity index (χ2n) is 6.66. The maximum atomic E-state index is 14.1. The van der Waals surface area contributed by atoms with E-state index in [1.807, 2.05) is 19.2 Å². The van der Waals surface area contributed by atoms with Crippen molar-refractivity contribution in [2.45, 2.75) is 25.8 Å². The molecule has 2 N–H and O–H groups in total. The van der Waals surface area contributed by atoms with Crippen LogP contribution in [0.2, 0.25) is 0 Å². The van der Waals surface area contributed by atoms with E-state index < -0.39 is 11.8 Å². The standard InChI is InChI=1S/C18H21F2N7/c1-2-27-11-12(8-25-27)14-7-15-16(23-6-5-22-15)17(26-14)24-10-13-9-21-4-3-18(13,19)20/h5-8,11,13,21H,2-4,9-10H2,1H3,(H,24,26)/t13-/m0/s1. The third-order valence-electron chi connectivity index (χ3n) is 4.85. The van der Waals surface area contributed by atoms with E-state index in [2.05, 4.69) is 30.7 Å². The Balaban J connectivity index is 1.66. The molecule has 0 radical (unpaired) electrons. The van der Waals surface area contributed by atoms with E-state index in [1.54, 1.807) is 23.3 Å². The Hall–Kier alpha value is -2.68. The van der Waals surface area contributed by atoms with Crippen molar-refractivity contribution in [1.82, 2.24) is 30.0 Å². The summed E-state index contributed by atoms with van der Waals surface area (Å²) in [6, 6.07) is 1.83. The van der Waals surface area contributed by atoms with E-state index in [9.17, 15) is 8.78 Å². The summed E-state index contributed by atoms with van der Waals surface area (Å²) in [5.41, 5.74) is 2.75. The molecule has 0 amide bonds. The van der Waals surface area contributed by atoms with Crippen molar-refractivity contribution < 1.29 is 8.78 Å². The first kappa shape index (κ1) is 17.7. The van der Waals surface area contributed by atoms with Gasteiger partial charge in [0.1, 0.15) is 5.52 Å². The predicted molar refractivity (Wildman–Crippen MR) is 98.6 cm³/mol. The van der Waals surface area contributed by atoms with E-state index >= 15 is 0 Å². The lowest BCUT2D eigenvalue weighted by Crippen LogP contribution is -2.47. The molecule has 4 heterocycles. The van der Waals surface area contributed by atoms with Crippen LogP contribution in [0.1, 0.15) is 13.3 Å². The normalized spacial score (nSPS) is 19.3. The van der Waals surface area contributed by atoms with Gasteiger partial charge in [-0.2, -0.15) is 5.10 Å². The van der Waals surface area contributed by atoms with E-state index in [4.69, 9.17) is 0 Å². The predicted octanol–water partition coefficient (Wildman–Crippen LogP) is 2.56. The van der Waals surface area contributed by atoms with Crippen LogP contribution in [0.4, 0.5) is 14.6 Å². The molecule has 0 aliphatic carbocycles. The molecule has 9 heteroatoms. The first-order valence-corrected chi connectivity index (χ1v) is 9.04. The first-order chi connectivity index (χ1) is 13.1. The number of pyridine rings is 1. The lowest BCUT2D eigenvalue weighted by atomic mass is 9.95. The monoisotopic (exact) mass is 373 g/mol. The number of nitrogens with one attached hydrogen (secondary N) is 2. The van der Waals surface area contributed by atoms with Crippen LogP contribution in [0, 0.1) is 5.92 Å². The van der Waals surface area contributed by atoms with Crippen LogP contribution in [-0.2, 0) is 6.54 Å². The molecule has 1 aliphatic rings. The molecule has 0 saturated carbocycles. The number of piperidine rings is 1. The molecule has 1 atom stereocenters. The van der Waals surface area contributed by atoms with Gasteiger partial charge in [0.05, 0.1) is 23.3 Å². The van der Waals surface area contributed by atoms with Gasteiger partial charge in [-0.25, -0.2) is 18.7 Å². The number of alkyl halides is 2. The molecular formula is C18H21F2N7. The van der Waals surface area contributed by atoms with Crippen LogP contribution in [0.25, 0.3) is 22.3 Å². The Morgan fingerprint density at radius 2 is 2.19 bits per heavy atom. The molecule has 4 rings (SSSR count). The Kier molecular flexibility index (Phi) is 4.69. The number of fused-ring (bicyclic) bond motifs is 1. The maximum absolute atomic E-state index is 14.1. The molecule has 3 aromatic heterocycles. The zero-order valence-corrected chi connectivity index (χ0v) is 15.0. The smallest absolute Gasteiger partial charge is 0.255 e. The van der Waals surface area contributed by atoms with Crippen molar-refractivity contribution in [2.24, 2.45) is 5.92 Å². The minimum absolute atomic E-state index is 0.107. The third-order valence-corrected chi connectivity index (χ3v) is 4.85. The highest BCUT2D eigenvalue weighted by Crippen LogP contribution is 2.31. The number of hydrogen-bond donors (Lipinski definition) is 2. The van der Waals surface area contributed by atoms with Crippen LogP contribution in [0.5, 0.6) is 0 Å². The molecule has 7 nitrogen and oxygen atoms in total. The van der Waals surface area contributed by atoms with Crippen LogP contribution < -0.4 is 10.6 Å². The molecule has 0 unspecified atom stereocenters. The SMILES string of the molecule is CCn1cc(-c2cc3nccnc3c(NC[C@@H]3CNCCC3(F)F)n2)cn1. The van der Waals surface area contributed by atoms with E-state index in [1.165, 1.54) is 0 Å². The number of halogens is 2. The Labute approximate surface area is 155 Å². The Morgan fingerprint density at radius 3 is 2.96 bits per heavy atom. The number of nitrogens with zero attached hydrogens (tertiary/aromatic N) is 5. The van der Waals surface area contributed by atoms with Gasteiger partial charge in [0.15, 0.2) is 5.82 Å². The number of rotatable bonds is 5. The largest absolute Gasteiger partial charge is 0.368 e. The molecule has 27 heavy (non-hydrogen) atoms. The van der Waals surface area contributed by atoms with Gasteiger partial charge >= 0.3 is 0 Å². The van der Waals surface area contributed by atoms with Gasteiger partial charge in [0.2, 0.25) is 0 Å². The summed E-state index contributed by atoms with van der Waals surface area (Å²) >= 11 is 0. The fourth-order valence-corrected chi connectivity index (χ4v) is 3.24. The summed E-state index contributed by atoms with van der Waals surface area (Å²) in [7, 11) is 0. The summed E-state index contributed by atoms with van der Waals surface area (Å²) in [6.07, 6.45) is 6.65. The zero-order chi connectivity index (χ0) is 18.9. The minimum Gasteiger partial charge on any atom is -0.368 e. The van der Waals surface area contributed by atoms with Gasteiger partial charge in [-0.15, -0.1) is 0 Å². The molecule has 1 saturated heterocycles. The summed E-state index contributed by atoms with van der Waals surface area (Å²) in [4.78, 5) is 13.3. The van der Waals surface area contributed by atoms with Crippen LogP contribution >= 0.6 is 0 Å². The highest BCUT2D eigenvalue weighted by molar-refractivity contribution is 5.88. The van der Waals surface area contributed by atoms with Crippen molar-refractivity contribution in [3.05, 3.63) is 30.9 Å². The third kappa shape index (κ3) is 3.59. The molecule has 0 bridgehead atoms. The Bertz CT molecular complexity index is 940. The lowest BCUT2D eigenvalue weighted by molar-refractivity contribution is -0.0728. The molecular weight excluding hydrogens is 352 g/mol. The van der Waals surface area contributed by atoms with Crippen molar-refractivity contribution in [3.8, 4) is 11.3 Å². The van der Waals surface area contributed by atoms with Crippen molar-refractivity contribution in [2.75, 3.05) is 25.0 Å². The van der Waals surface area contributed by atoms with Gasteiger partial charge in [-0.3, -0.25) is 9.67 Å². The average molecular weight is 373 g/mol. The second-order valence-corrected chi connectivity index (χ2v) is 6.66. The van der Waals surface area contributed by atoms with E-state index in [0.717, 1.165) is 12.1 Å². The molecule has 1 fully saturated rings. The minimum atomic E-state index is -2.69. The summed E-state index contributed by atoms with van der Waals surface area (Å²) < 4.78 is 30.1. The van der Waals surface area contributed by atoms with E-state index in [-0.39, 0.29) is 19.5 Å². The summed E-state index contributed by atoms with van der Waals surface area (Å²) in [6.45, 7) is 3.47. The zero-order valence-electron chi connectivity index (χ0n) is 15.0. The molecule has 1 aliphatic heterocycles. The molecule has 3 aromatic rings. The van der Waals surface area contributed by atoms with Gasteiger partial charge < -0.3 is 10.6 Å². The van der Waals surface area contributed by atoms with E-state index in [0.29, 0.717) is 29.1 Å². The number of aryl methyl sites for hydroxylation is 1. The Morgan fingerprint density at radius 1 is 1.33 bits per heavy atom. The summed E-state index contributed by atoms with van der Waals surface area (Å²) in [5, 5.41) is 10.4. The topological polar surface area (TPSA) is 80.5 Å². The highest BCUT2D eigenvalue weighted by Gasteiger charge is 2.41. The summed E-state index contributed by atoms with van der Waals surface area (Å²) in [5.74, 6) is -3.04. The van der Waals surface area contributed by atoms with Crippen molar-refractivity contribution in [3.63, 3.8) is 0 Å². The highest BCUT2D eigenvalue weighted by atomic mass is 19.3. The van der Waals surface area contributed by atoms with Gasteiger partial charge in [-0.05, 0) is 13.0 Å². The lowest BCUT2D eigenvalue weighted by Gasteiger charge is -2.32. The van der Waals surface area contributed by atoms with Crippen molar-refractivity contribution in [1.29, 1.82) is 0 Å². The number of hydrogen-bond acceptors (Lipinski definition) is 6. The molecule has 0 aromatic carbocycles. The molecule has 0 spiro atoms. The van der Waals surface area contributed by atoms with Gasteiger partial charge in [0.25, 0.3) is 5.92 Å². The first-order valence-electron chi connectivity index (χ1n) is 9.04. The quantitative estimate of drug-likeness (QED) is 0.716. The van der Waals surface area contributed by atoms with Gasteiger partial charge in [-0.1, -0.05) is 0 Å². The fourth-order valence-electron chi connectivity index (χ4n) is 3.24. The van der Waals surface area contributed by atoms with Crippen LogP contribution in [0.3, 0.4) is 0 Å². The van der Waals surface area contributed by atoms with Crippen molar-refractivity contribution >= 4 is 16.9 Å².